The van der Waals surface area contributed by atoms with Crippen molar-refractivity contribution >= 4 is 22.5 Å². The quantitative estimate of drug-likeness (QED) is 0.505. The maximum Gasteiger partial charge on any atom is 0.217 e. The van der Waals surface area contributed by atoms with Gasteiger partial charge in [0.1, 0.15) is 29.8 Å². The number of benzene rings is 1. The van der Waals surface area contributed by atoms with Gasteiger partial charge in [-0.2, -0.15) is 0 Å². The first-order chi connectivity index (χ1) is 13.0. The summed E-state index contributed by atoms with van der Waals surface area (Å²) in [6.45, 7) is 6.95. The van der Waals surface area contributed by atoms with Gasteiger partial charge >= 0.3 is 0 Å². The first-order valence-corrected chi connectivity index (χ1v) is 8.28. The van der Waals surface area contributed by atoms with Crippen molar-refractivity contribution in [1.82, 2.24) is 14.5 Å². The Bertz CT molecular complexity index is 1030. The molecule has 27 heavy (non-hydrogen) atoms. The second-order valence-corrected chi connectivity index (χ2v) is 6.26. The summed E-state index contributed by atoms with van der Waals surface area (Å²) < 4.78 is 7.04. The van der Waals surface area contributed by atoms with E-state index in [0.717, 1.165) is 5.56 Å². The van der Waals surface area contributed by atoms with Crippen LogP contribution in [0.2, 0.25) is 0 Å². The van der Waals surface area contributed by atoms with E-state index in [1.54, 1.807) is 0 Å². The van der Waals surface area contributed by atoms with Crippen molar-refractivity contribution < 1.29 is 20.1 Å². The minimum absolute atomic E-state index is 0.135. The Morgan fingerprint density at radius 2 is 1.93 bits per heavy atom. The molecule has 9 heteroatoms. The number of aliphatic hydroxyl groups is 3. The van der Waals surface area contributed by atoms with Crippen molar-refractivity contribution in [2.24, 2.45) is 0 Å². The van der Waals surface area contributed by atoms with Gasteiger partial charge in [0.2, 0.25) is 5.69 Å². The lowest BCUT2D eigenvalue weighted by molar-refractivity contribution is -0.0508. The van der Waals surface area contributed by atoms with E-state index in [9.17, 15) is 15.3 Å². The molecular formula is C18H17N5O4. The Balaban J connectivity index is 1.91. The highest BCUT2D eigenvalue weighted by atomic mass is 16.6. The maximum atomic E-state index is 10.4. The molecule has 1 aliphatic heterocycles. The van der Waals surface area contributed by atoms with E-state index in [1.165, 1.54) is 10.8 Å². The summed E-state index contributed by atoms with van der Waals surface area (Å²) in [5.41, 5.74) is 7.35. The largest absolute Gasteiger partial charge is 0.394 e. The van der Waals surface area contributed by atoms with Crippen LogP contribution in [-0.2, 0) is 4.74 Å². The normalized spacial score (nSPS) is 25.0. The molecule has 5 N–H and O–H groups in total. The summed E-state index contributed by atoms with van der Waals surface area (Å²) in [4.78, 5) is 12.3. The predicted octanol–water partition coefficient (Wildman–Crippen LogP) is 0.843. The van der Waals surface area contributed by atoms with E-state index in [-0.39, 0.29) is 11.5 Å². The fourth-order valence-electron chi connectivity index (χ4n) is 3.26. The van der Waals surface area contributed by atoms with Crippen molar-refractivity contribution in [1.29, 1.82) is 0 Å². The third-order valence-electron chi connectivity index (χ3n) is 4.62. The van der Waals surface area contributed by atoms with Crippen LogP contribution in [0.5, 0.6) is 0 Å². The zero-order valence-electron chi connectivity index (χ0n) is 14.1. The molecule has 138 valence electrons. The number of hydrogen-bond donors (Lipinski definition) is 4. The zero-order valence-corrected chi connectivity index (χ0v) is 14.1. The summed E-state index contributed by atoms with van der Waals surface area (Å²) in [6, 6.07) is 9.21. The number of anilines is 1. The number of ether oxygens (including phenoxy) is 1. The van der Waals surface area contributed by atoms with E-state index < -0.39 is 31.1 Å². The smallest absolute Gasteiger partial charge is 0.217 e. The number of fused-ring (bicyclic) bond motifs is 1. The second kappa shape index (κ2) is 6.61. The highest BCUT2D eigenvalue weighted by Crippen LogP contribution is 2.38. The molecule has 1 fully saturated rings. The van der Waals surface area contributed by atoms with Crippen LogP contribution >= 0.6 is 0 Å². The van der Waals surface area contributed by atoms with Crippen molar-refractivity contribution in [2.45, 2.75) is 24.5 Å². The molecule has 2 aromatic heterocycles. The minimum Gasteiger partial charge on any atom is -0.394 e. The Labute approximate surface area is 154 Å². The van der Waals surface area contributed by atoms with Gasteiger partial charge in [0.05, 0.1) is 18.6 Å². The molecule has 0 amide bonds. The van der Waals surface area contributed by atoms with Gasteiger partial charge in [-0.15, -0.1) is 0 Å². The number of nitrogens with two attached hydrogens (primary N) is 1. The van der Waals surface area contributed by atoms with E-state index in [1.807, 2.05) is 30.3 Å². The third kappa shape index (κ3) is 2.72. The molecule has 1 saturated heterocycles. The average molecular weight is 367 g/mol. The highest BCUT2D eigenvalue weighted by molar-refractivity contribution is 5.99. The Morgan fingerprint density at radius 1 is 1.19 bits per heavy atom. The van der Waals surface area contributed by atoms with Crippen LogP contribution in [0.25, 0.3) is 27.3 Å². The van der Waals surface area contributed by atoms with E-state index in [4.69, 9.17) is 17.0 Å². The molecule has 0 aliphatic carbocycles. The van der Waals surface area contributed by atoms with Gasteiger partial charge in [0.25, 0.3) is 0 Å². The van der Waals surface area contributed by atoms with Crippen LogP contribution < -0.4 is 5.73 Å². The van der Waals surface area contributed by atoms with Crippen molar-refractivity contribution in [3.63, 3.8) is 0 Å². The number of aliphatic hydroxyl groups excluding tert-OH is 3. The molecule has 3 heterocycles. The van der Waals surface area contributed by atoms with Crippen LogP contribution in [0.3, 0.4) is 0 Å². The van der Waals surface area contributed by atoms with E-state index in [0.29, 0.717) is 16.9 Å². The van der Waals surface area contributed by atoms with E-state index in [2.05, 4.69) is 14.8 Å². The summed E-state index contributed by atoms with van der Waals surface area (Å²) in [5.74, 6) is 0.499. The van der Waals surface area contributed by atoms with Crippen LogP contribution in [0.15, 0.2) is 36.5 Å². The van der Waals surface area contributed by atoms with Gasteiger partial charge in [0, 0.05) is 11.8 Å². The topological polar surface area (TPSA) is 131 Å². The molecule has 4 rings (SSSR count). The zero-order chi connectivity index (χ0) is 19.1. The lowest BCUT2D eigenvalue weighted by atomic mass is 10.1. The highest BCUT2D eigenvalue weighted by Gasteiger charge is 2.44. The molecule has 1 aromatic carbocycles. The van der Waals surface area contributed by atoms with Crippen molar-refractivity contribution in [3.8, 4) is 11.4 Å². The molecular weight excluding hydrogens is 350 g/mol. The number of nitrogens with zero attached hydrogens (tertiary/aromatic N) is 4. The van der Waals surface area contributed by atoms with Gasteiger partial charge < -0.3 is 30.4 Å². The lowest BCUT2D eigenvalue weighted by Crippen LogP contribution is -2.33. The SMILES string of the molecule is [C-]#[N+]c1cn([C@@H]2O[C@H](CO)[C@@H](O)[C@H]2O)c2nc(-c3ccccc3)nc(N)c12. The number of rotatable bonds is 3. The van der Waals surface area contributed by atoms with Gasteiger partial charge in [0.15, 0.2) is 12.1 Å². The second-order valence-electron chi connectivity index (χ2n) is 6.26. The number of nitrogen functional groups attached to an aromatic ring is 1. The summed E-state index contributed by atoms with van der Waals surface area (Å²) in [7, 11) is 0. The third-order valence-corrected chi connectivity index (χ3v) is 4.62. The monoisotopic (exact) mass is 367 g/mol. The molecule has 3 aromatic rings. The lowest BCUT2D eigenvalue weighted by Gasteiger charge is -2.18. The first kappa shape index (κ1) is 17.4. The first-order valence-electron chi connectivity index (χ1n) is 8.28. The molecule has 0 saturated carbocycles. The summed E-state index contributed by atoms with van der Waals surface area (Å²) in [5, 5.41) is 30.1. The van der Waals surface area contributed by atoms with Crippen LogP contribution in [0, 0.1) is 6.57 Å². The summed E-state index contributed by atoms with van der Waals surface area (Å²) in [6.07, 6.45) is -3.06. The van der Waals surface area contributed by atoms with Crippen molar-refractivity contribution in [3.05, 3.63) is 47.9 Å². The fraction of sp³-hybridized carbons (Fsp3) is 0.278. The average Bonchev–Trinajstić information content (AvgIpc) is 3.20. The Morgan fingerprint density at radius 3 is 2.56 bits per heavy atom. The standard InChI is InChI=1S/C18H17N5O4/c1-20-10-7-23(18-14(26)13(25)11(8-24)27-18)17-12(10)15(19)21-16(22-17)9-5-3-2-4-6-9/h2-7,11,13-14,18,24-26H,8H2,(H2,19,21,22)/t11-,13-,14-,18-/m1/s1. The molecule has 0 radical (unpaired) electrons. The Hall–Kier alpha value is -3.03. The predicted molar refractivity (Wildman–Crippen MR) is 96.6 cm³/mol. The molecule has 0 unspecified atom stereocenters. The number of hydrogen-bond acceptors (Lipinski definition) is 7. The van der Waals surface area contributed by atoms with Crippen LogP contribution in [-0.4, -0.2) is 54.8 Å². The van der Waals surface area contributed by atoms with Crippen molar-refractivity contribution in [2.75, 3.05) is 12.3 Å². The molecule has 1 aliphatic rings. The summed E-state index contributed by atoms with van der Waals surface area (Å²) >= 11 is 0. The van der Waals surface area contributed by atoms with Gasteiger partial charge in [-0.3, -0.25) is 0 Å². The van der Waals surface area contributed by atoms with Gasteiger partial charge in [-0.25, -0.2) is 14.8 Å². The Kier molecular flexibility index (Phi) is 4.25. The van der Waals surface area contributed by atoms with Crippen LogP contribution in [0.1, 0.15) is 6.23 Å². The fourth-order valence-corrected chi connectivity index (χ4v) is 3.26. The minimum atomic E-state index is -1.30. The van der Waals surface area contributed by atoms with Gasteiger partial charge in [-0.05, 0) is 0 Å². The van der Waals surface area contributed by atoms with Gasteiger partial charge in [-0.1, -0.05) is 30.3 Å². The maximum absolute atomic E-state index is 10.4. The number of aromatic nitrogens is 3. The molecule has 0 bridgehead atoms. The van der Waals surface area contributed by atoms with E-state index >= 15 is 0 Å². The molecule has 9 nitrogen and oxygen atoms in total. The molecule has 4 atom stereocenters. The van der Waals surface area contributed by atoms with Crippen LogP contribution in [0.4, 0.5) is 11.5 Å². The molecule has 0 spiro atoms.